The highest BCUT2D eigenvalue weighted by Gasteiger charge is 2.64. The number of rotatable bonds is 9. The van der Waals surface area contributed by atoms with E-state index in [1.165, 1.54) is 48.5 Å². The van der Waals surface area contributed by atoms with Crippen molar-refractivity contribution in [1.82, 2.24) is 0 Å². The van der Waals surface area contributed by atoms with E-state index >= 15 is 0 Å². The number of hydrogen-bond donors (Lipinski definition) is 2. The molecule has 0 spiro atoms. The number of halogens is 4. The van der Waals surface area contributed by atoms with E-state index in [-0.39, 0.29) is 22.6 Å². The Morgan fingerprint density at radius 1 is 0.906 bits per heavy atom. The summed E-state index contributed by atoms with van der Waals surface area (Å²) in [7, 11) is -6.36. The highest BCUT2D eigenvalue weighted by molar-refractivity contribution is 7.87. The molecule has 0 aliphatic rings. The molecule has 0 fully saturated rings. The molecule has 0 saturated heterocycles. The molecule has 0 amide bonds. The molecule has 174 valence electrons. The van der Waals surface area contributed by atoms with Gasteiger partial charge in [0.25, 0.3) is 0 Å². The third kappa shape index (κ3) is 5.73. The number of esters is 2. The first kappa shape index (κ1) is 25.1. The maximum absolute atomic E-state index is 13.4. The largest absolute Gasteiger partial charge is 0.508 e. The van der Waals surface area contributed by atoms with E-state index in [0.717, 1.165) is 0 Å². The summed E-state index contributed by atoms with van der Waals surface area (Å²) in [6.45, 7) is -0.808. The second kappa shape index (κ2) is 9.53. The number of phenols is 1. The van der Waals surface area contributed by atoms with Gasteiger partial charge in [-0.05, 0) is 42.8 Å². The lowest BCUT2D eigenvalue weighted by molar-refractivity contribution is -0.165. The number of carbonyl (C=O) groups is 2. The first-order valence-electron chi connectivity index (χ1n) is 8.76. The van der Waals surface area contributed by atoms with Crippen LogP contribution in [0.5, 0.6) is 11.5 Å². The standard InChI is InChI=1S/C19H16F4O8S/c20-18(21,19(22,23)32(27,28)29)10-3-11-30-16(25)14-4-1-2-5-15(14)17(26)31-13-8-6-12(24)7-9-13/h1-2,4-9,24H,3,10-11H2,(H,27,28,29). The van der Waals surface area contributed by atoms with Crippen LogP contribution in [0.1, 0.15) is 33.6 Å². The molecule has 2 aromatic carbocycles. The summed E-state index contributed by atoms with van der Waals surface area (Å²) < 4.78 is 92.1. The fourth-order valence-corrected chi connectivity index (χ4v) is 2.87. The molecule has 0 radical (unpaired) electrons. The monoisotopic (exact) mass is 480 g/mol. The molecule has 2 aromatic rings. The lowest BCUT2D eigenvalue weighted by Crippen LogP contribution is -2.46. The van der Waals surface area contributed by atoms with Crippen molar-refractivity contribution in [3.8, 4) is 11.5 Å². The Morgan fingerprint density at radius 3 is 1.97 bits per heavy atom. The Balaban J connectivity index is 2.01. The van der Waals surface area contributed by atoms with E-state index in [0.29, 0.717) is 0 Å². The second-order valence-electron chi connectivity index (χ2n) is 6.36. The average Bonchev–Trinajstić information content (AvgIpc) is 2.71. The zero-order valence-electron chi connectivity index (χ0n) is 16.0. The molecular formula is C19H16F4O8S. The van der Waals surface area contributed by atoms with Crippen LogP contribution < -0.4 is 4.74 Å². The number of benzene rings is 2. The molecule has 0 aliphatic heterocycles. The molecule has 0 heterocycles. The first-order chi connectivity index (χ1) is 14.8. The third-order valence-electron chi connectivity index (χ3n) is 4.03. The lowest BCUT2D eigenvalue weighted by Gasteiger charge is -2.23. The number of ether oxygens (including phenoxy) is 2. The van der Waals surface area contributed by atoms with Gasteiger partial charge in [0.15, 0.2) is 0 Å². The number of carbonyl (C=O) groups excluding carboxylic acids is 2. The van der Waals surface area contributed by atoms with Crippen LogP contribution in [0, 0.1) is 0 Å². The van der Waals surface area contributed by atoms with Crippen LogP contribution in [0.3, 0.4) is 0 Å². The predicted molar refractivity (Wildman–Crippen MR) is 100 cm³/mol. The highest BCUT2D eigenvalue weighted by Crippen LogP contribution is 2.41. The summed E-state index contributed by atoms with van der Waals surface area (Å²) in [6, 6.07) is 10.3. The molecule has 13 heteroatoms. The van der Waals surface area contributed by atoms with Crippen molar-refractivity contribution in [2.45, 2.75) is 24.0 Å². The number of alkyl halides is 4. The van der Waals surface area contributed by atoms with Crippen LogP contribution in [-0.2, 0) is 14.9 Å². The van der Waals surface area contributed by atoms with Gasteiger partial charge in [0.1, 0.15) is 11.5 Å². The Hall–Kier alpha value is -3.19. The number of phenolic OH excluding ortho intramolecular Hbond substituents is 1. The van der Waals surface area contributed by atoms with Crippen LogP contribution in [0.25, 0.3) is 0 Å². The van der Waals surface area contributed by atoms with E-state index in [1.54, 1.807) is 0 Å². The molecule has 0 saturated carbocycles. The molecule has 8 nitrogen and oxygen atoms in total. The zero-order chi connectivity index (χ0) is 24.2. The fourth-order valence-electron chi connectivity index (χ4n) is 2.39. The van der Waals surface area contributed by atoms with Crippen molar-refractivity contribution in [3.63, 3.8) is 0 Å². The SMILES string of the molecule is O=C(OCCCC(F)(F)C(F)(F)S(=O)(=O)O)c1ccccc1C(=O)Oc1ccc(O)cc1. The van der Waals surface area contributed by atoms with Gasteiger partial charge in [-0.2, -0.15) is 26.0 Å². The summed E-state index contributed by atoms with van der Waals surface area (Å²) in [5, 5.41) is 3.52. The van der Waals surface area contributed by atoms with E-state index < -0.39 is 52.7 Å². The van der Waals surface area contributed by atoms with Gasteiger partial charge in [-0.3, -0.25) is 4.55 Å². The minimum Gasteiger partial charge on any atom is -0.508 e. The second-order valence-corrected chi connectivity index (χ2v) is 7.83. The van der Waals surface area contributed by atoms with Crippen molar-refractivity contribution in [2.75, 3.05) is 6.61 Å². The maximum Gasteiger partial charge on any atom is 0.431 e. The summed E-state index contributed by atoms with van der Waals surface area (Å²) in [6.07, 6.45) is -2.58. The lowest BCUT2D eigenvalue weighted by atomic mass is 10.1. The van der Waals surface area contributed by atoms with Crippen LogP contribution in [0.2, 0.25) is 0 Å². The number of aromatic hydroxyl groups is 1. The van der Waals surface area contributed by atoms with E-state index in [1.807, 2.05) is 0 Å². The van der Waals surface area contributed by atoms with E-state index in [2.05, 4.69) is 0 Å². The van der Waals surface area contributed by atoms with E-state index in [4.69, 9.17) is 14.0 Å². The van der Waals surface area contributed by atoms with Crippen molar-refractivity contribution < 1.29 is 54.7 Å². The van der Waals surface area contributed by atoms with Crippen LogP contribution in [0.15, 0.2) is 48.5 Å². The first-order valence-corrected chi connectivity index (χ1v) is 10.2. The van der Waals surface area contributed by atoms with Crippen molar-refractivity contribution >= 4 is 22.1 Å². The van der Waals surface area contributed by atoms with Gasteiger partial charge in [-0.25, -0.2) is 9.59 Å². The van der Waals surface area contributed by atoms with Crippen molar-refractivity contribution in [1.29, 1.82) is 0 Å². The average molecular weight is 480 g/mol. The van der Waals surface area contributed by atoms with Crippen molar-refractivity contribution in [3.05, 3.63) is 59.7 Å². The Bertz CT molecular complexity index is 1080. The Labute approximate surface area is 179 Å². The molecule has 32 heavy (non-hydrogen) atoms. The molecule has 0 aromatic heterocycles. The topological polar surface area (TPSA) is 127 Å². The quantitative estimate of drug-likeness (QED) is 0.183. The number of hydrogen-bond acceptors (Lipinski definition) is 7. The Kier molecular flexibility index (Phi) is 7.46. The van der Waals surface area contributed by atoms with Crippen LogP contribution >= 0.6 is 0 Å². The summed E-state index contributed by atoms with van der Waals surface area (Å²) in [5.74, 6) is -7.25. The van der Waals surface area contributed by atoms with Gasteiger partial charge in [0, 0.05) is 6.42 Å². The van der Waals surface area contributed by atoms with E-state index in [9.17, 15) is 40.7 Å². The molecule has 0 atom stereocenters. The van der Waals surface area contributed by atoms with Gasteiger partial charge in [-0.1, -0.05) is 12.1 Å². The van der Waals surface area contributed by atoms with Gasteiger partial charge < -0.3 is 14.6 Å². The van der Waals surface area contributed by atoms with Gasteiger partial charge in [0.05, 0.1) is 17.7 Å². The molecular weight excluding hydrogens is 464 g/mol. The third-order valence-corrected chi connectivity index (χ3v) is 4.98. The van der Waals surface area contributed by atoms with Gasteiger partial charge in [-0.15, -0.1) is 0 Å². The maximum atomic E-state index is 13.4. The van der Waals surface area contributed by atoms with Gasteiger partial charge >= 0.3 is 33.2 Å². The van der Waals surface area contributed by atoms with Crippen LogP contribution in [-0.4, -0.2) is 47.8 Å². The minimum atomic E-state index is -6.36. The molecule has 2 rings (SSSR count). The van der Waals surface area contributed by atoms with Gasteiger partial charge in [0.2, 0.25) is 0 Å². The minimum absolute atomic E-state index is 0.0537. The molecule has 0 aliphatic carbocycles. The predicted octanol–water partition coefficient (Wildman–Crippen LogP) is 3.66. The summed E-state index contributed by atoms with van der Waals surface area (Å²) >= 11 is 0. The normalized spacial score (nSPS) is 12.3. The summed E-state index contributed by atoms with van der Waals surface area (Å²) in [4.78, 5) is 24.5. The fraction of sp³-hybridized carbons (Fsp3) is 0.263. The Morgan fingerprint density at radius 2 is 1.44 bits per heavy atom. The molecule has 0 bridgehead atoms. The van der Waals surface area contributed by atoms with Crippen LogP contribution in [0.4, 0.5) is 17.6 Å². The molecule has 0 unspecified atom stereocenters. The smallest absolute Gasteiger partial charge is 0.431 e. The zero-order valence-corrected chi connectivity index (χ0v) is 16.8. The molecule has 2 N–H and O–H groups in total. The summed E-state index contributed by atoms with van der Waals surface area (Å²) in [5.41, 5.74) is -0.542. The van der Waals surface area contributed by atoms with Crippen molar-refractivity contribution in [2.24, 2.45) is 0 Å². The highest BCUT2D eigenvalue weighted by atomic mass is 32.2.